The number of nitrogens with zero attached hydrogens (tertiary/aromatic N) is 2. The van der Waals surface area contributed by atoms with Gasteiger partial charge in [0, 0.05) is 12.1 Å². The molecule has 0 aliphatic carbocycles. The van der Waals surface area contributed by atoms with Crippen LogP contribution in [0.2, 0.25) is 0 Å². The molecule has 0 unspecified atom stereocenters. The topological polar surface area (TPSA) is 46.4 Å². The molecule has 19 heavy (non-hydrogen) atoms. The molecule has 4 heteroatoms. The highest BCUT2D eigenvalue weighted by Gasteiger charge is 2.09. The van der Waals surface area contributed by atoms with Crippen molar-refractivity contribution in [2.75, 3.05) is 19.6 Å². The molecule has 0 bridgehead atoms. The highest BCUT2D eigenvalue weighted by atomic mass is 16.6. The molecule has 0 radical (unpaired) electrons. The van der Waals surface area contributed by atoms with E-state index in [0.29, 0.717) is 0 Å². The molecule has 104 valence electrons. The average Bonchev–Trinajstić information content (AvgIpc) is 2.45. The van der Waals surface area contributed by atoms with E-state index < -0.39 is 0 Å². The van der Waals surface area contributed by atoms with Gasteiger partial charge >= 0.3 is 0 Å². The second kappa shape index (κ2) is 7.24. The Balaban J connectivity index is 1.66. The minimum Gasteiger partial charge on any atom is -0.303 e. The maximum Gasteiger partial charge on any atom is 0.269 e. The van der Waals surface area contributed by atoms with Crippen molar-refractivity contribution in [1.82, 2.24) is 4.90 Å². The molecule has 0 atom stereocenters. The van der Waals surface area contributed by atoms with Gasteiger partial charge < -0.3 is 4.90 Å². The maximum atomic E-state index is 10.5. The number of nitro groups is 1. The first-order chi connectivity index (χ1) is 9.25. The largest absolute Gasteiger partial charge is 0.303 e. The summed E-state index contributed by atoms with van der Waals surface area (Å²) in [5, 5.41) is 10.5. The van der Waals surface area contributed by atoms with Crippen molar-refractivity contribution < 1.29 is 4.92 Å². The number of piperidine rings is 1. The van der Waals surface area contributed by atoms with E-state index >= 15 is 0 Å². The number of aryl methyl sites for hydroxylation is 1. The third-order valence-electron chi connectivity index (χ3n) is 3.79. The van der Waals surface area contributed by atoms with Gasteiger partial charge in [0.1, 0.15) is 0 Å². The van der Waals surface area contributed by atoms with E-state index in [1.54, 1.807) is 12.1 Å². The Hall–Kier alpha value is -1.42. The van der Waals surface area contributed by atoms with Crippen LogP contribution in [0.1, 0.15) is 37.7 Å². The quantitative estimate of drug-likeness (QED) is 0.448. The van der Waals surface area contributed by atoms with E-state index in [-0.39, 0.29) is 10.6 Å². The molecule has 0 spiro atoms. The second-order valence-corrected chi connectivity index (χ2v) is 5.28. The molecule has 0 N–H and O–H groups in total. The monoisotopic (exact) mass is 262 g/mol. The fraction of sp³-hybridized carbons (Fsp3) is 0.600. The number of unbranched alkanes of at least 4 members (excludes halogenated alkanes) is 1. The number of nitro benzene ring substituents is 1. The zero-order valence-electron chi connectivity index (χ0n) is 11.4. The molecule has 0 saturated carbocycles. The zero-order chi connectivity index (χ0) is 13.5. The lowest BCUT2D eigenvalue weighted by molar-refractivity contribution is -0.384. The molecular weight excluding hydrogens is 240 g/mol. The molecule has 1 aromatic carbocycles. The van der Waals surface area contributed by atoms with Crippen LogP contribution >= 0.6 is 0 Å². The van der Waals surface area contributed by atoms with E-state index in [9.17, 15) is 10.1 Å². The van der Waals surface area contributed by atoms with Crippen molar-refractivity contribution in [3.8, 4) is 0 Å². The lowest BCUT2D eigenvalue weighted by Crippen LogP contribution is -2.30. The van der Waals surface area contributed by atoms with Crippen molar-refractivity contribution in [2.45, 2.75) is 38.5 Å². The Morgan fingerprint density at radius 1 is 1.05 bits per heavy atom. The van der Waals surface area contributed by atoms with Gasteiger partial charge in [-0.1, -0.05) is 18.6 Å². The summed E-state index contributed by atoms with van der Waals surface area (Å²) >= 11 is 0. The summed E-state index contributed by atoms with van der Waals surface area (Å²) in [7, 11) is 0. The molecule has 2 rings (SSSR count). The lowest BCUT2D eigenvalue weighted by Gasteiger charge is -2.26. The van der Waals surface area contributed by atoms with Crippen LogP contribution in [-0.4, -0.2) is 29.5 Å². The Morgan fingerprint density at radius 2 is 1.74 bits per heavy atom. The zero-order valence-corrected chi connectivity index (χ0v) is 11.4. The Morgan fingerprint density at radius 3 is 2.37 bits per heavy atom. The summed E-state index contributed by atoms with van der Waals surface area (Å²) in [6.07, 6.45) is 7.49. The predicted molar refractivity (Wildman–Crippen MR) is 76.3 cm³/mol. The molecule has 1 fully saturated rings. The van der Waals surface area contributed by atoms with Gasteiger partial charge in [-0.15, -0.1) is 0 Å². The van der Waals surface area contributed by atoms with E-state index in [4.69, 9.17) is 0 Å². The van der Waals surface area contributed by atoms with E-state index in [1.165, 1.54) is 50.9 Å². The van der Waals surface area contributed by atoms with Crippen LogP contribution in [0, 0.1) is 10.1 Å². The van der Waals surface area contributed by atoms with Gasteiger partial charge in [-0.3, -0.25) is 10.1 Å². The minimum absolute atomic E-state index is 0.178. The third kappa shape index (κ3) is 4.63. The molecule has 1 heterocycles. The summed E-state index contributed by atoms with van der Waals surface area (Å²) in [6, 6.07) is 6.94. The van der Waals surface area contributed by atoms with Crippen LogP contribution in [0.15, 0.2) is 24.3 Å². The van der Waals surface area contributed by atoms with Gasteiger partial charge in [0.15, 0.2) is 0 Å². The number of rotatable bonds is 6. The lowest BCUT2D eigenvalue weighted by atomic mass is 10.1. The minimum atomic E-state index is -0.347. The highest BCUT2D eigenvalue weighted by Crippen LogP contribution is 2.14. The number of non-ortho nitro benzene ring substituents is 1. The molecule has 0 aromatic heterocycles. The van der Waals surface area contributed by atoms with Gasteiger partial charge in [0.2, 0.25) is 0 Å². The molecule has 4 nitrogen and oxygen atoms in total. The fourth-order valence-corrected chi connectivity index (χ4v) is 2.63. The normalized spacial score (nSPS) is 16.4. The molecule has 0 amide bonds. The van der Waals surface area contributed by atoms with Gasteiger partial charge in [-0.05, 0) is 57.3 Å². The molecule has 1 aliphatic heterocycles. The SMILES string of the molecule is O=[N+]([O-])c1ccc(CCCCN2CCCCC2)cc1. The van der Waals surface area contributed by atoms with Gasteiger partial charge in [-0.25, -0.2) is 0 Å². The summed E-state index contributed by atoms with van der Waals surface area (Å²) in [4.78, 5) is 12.8. The van der Waals surface area contributed by atoms with Crippen LogP contribution < -0.4 is 0 Å². The Bertz CT molecular complexity index is 397. The first-order valence-corrected chi connectivity index (χ1v) is 7.21. The third-order valence-corrected chi connectivity index (χ3v) is 3.79. The van der Waals surface area contributed by atoms with Crippen molar-refractivity contribution >= 4 is 5.69 Å². The molecular formula is C15H22N2O2. The Kier molecular flexibility index (Phi) is 5.33. The van der Waals surface area contributed by atoms with E-state index in [1.807, 2.05) is 12.1 Å². The van der Waals surface area contributed by atoms with Crippen LogP contribution in [0.3, 0.4) is 0 Å². The first kappa shape index (κ1) is 14.0. The number of likely N-dealkylation sites (tertiary alicyclic amines) is 1. The number of hydrogen-bond acceptors (Lipinski definition) is 3. The highest BCUT2D eigenvalue weighted by molar-refractivity contribution is 5.32. The average molecular weight is 262 g/mol. The van der Waals surface area contributed by atoms with Crippen LogP contribution in [-0.2, 0) is 6.42 Å². The molecule has 1 saturated heterocycles. The Labute approximate surface area is 114 Å². The van der Waals surface area contributed by atoms with Gasteiger partial charge in [0.25, 0.3) is 5.69 Å². The van der Waals surface area contributed by atoms with Crippen molar-refractivity contribution in [3.63, 3.8) is 0 Å². The molecule has 1 aromatic rings. The first-order valence-electron chi connectivity index (χ1n) is 7.21. The maximum absolute atomic E-state index is 10.5. The second-order valence-electron chi connectivity index (χ2n) is 5.28. The summed E-state index contributed by atoms with van der Waals surface area (Å²) in [6.45, 7) is 3.72. The van der Waals surface area contributed by atoms with Crippen LogP contribution in [0.25, 0.3) is 0 Å². The van der Waals surface area contributed by atoms with Gasteiger partial charge in [0.05, 0.1) is 4.92 Å². The molecule has 1 aliphatic rings. The summed E-state index contributed by atoms with van der Waals surface area (Å²) in [5.74, 6) is 0. The smallest absolute Gasteiger partial charge is 0.269 e. The van der Waals surface area contributed by atoms with Crippen LogP contribution in [0.4, 0.5) is 5.69 Å². The van der Waals surface area contributed by atoms with Gasteiger partial charge in [-0.2, -0.15) is 0 Å². The fourth-order valence-electron chi connectivity index (χ4n) is 2.63. The van der Waals surface area contributed by atoms with Crippen LogP contribution in [0.5, 0.6) is 0 Å². The van der Waals surface area contributed by atoms with Crippen molar-refractivity contribution in [3.05, 3.63) is 39.9 Å². The predicted octanol–water partition coefficient (Wildman–Crippen LogP) is 3.40. The van der Waals surface area contributed by atoms with E-state index in [2.05, 4.69) is 4.90 Å². The standard InChI is InChI=1S/C15H22N2O2/c18-17(19)15-9-7-14(8-10-15)6-2-5-13-16-11-3-1-4-12-16/h7-10H,1-6,11-13H2. The number of benzene rings is 1. The van der Waals surface area contributed by atoms with Crippen molar-refractivity contribution in [2.24, 2.45) is 0 Å². The summed E-state index contributed by atoms with van der Waals surface area (Å²) < 4.78 is 0. The van der Waals surface area contributed by atoms with E-state index in [0.717, 1.165) is 12.8 Å². The summed E-state index contributed by atoms with van der Waals surface area (Å²) in [5.41, 5.74) is 1.38. The van der Waals surface area contributed by atoms with Crippen molar-refractivity contribution in [1.29, 1.82) is 0 Å². The number of hydrogen-bond donors (Lipinski definition) is 0.